The van der Waals surface area contributed by atoms with Gasteiger partial charge >= 0.3 is 0 Å². The number of nitriles is 1. The van der Waals surface area contributed by atoms with Gasteiger partial charge in [0.25, 0.3) is 10.0 Å². The molecule has 0 aromatic heterocycles. The number of rotatable bonds is 5. The second-order valence-corrected chi connectivity index (χ2v) is 7.02. The second kappa shape index (κ2) is 7.76. The van der Waals surface area contributed by atoms with Crippen LogP contribution in [0.4, 0.5) is 0 Å². The maximum absolute atomic E-state index is 12.2. The number of allylic oxidation sites excluding steroid dienone is 1. The van der Waals surface area contributed by atoms with E-state index in [1.165, 1.54) is 11.1 Å². The van der Waals surface area contributed by atoms with Gasteiger partial charge in [-0.25, -0.2) is 5.01 Å². The molecule has 1 heterocycles. The van der Waals surface area contributed by atoms with E-state index in [2.05, 4.69) is 9.50 Å². The summed E-state index contributed by atoms with van der Waals surface area (Å²) in [7, 11) is -3.73. The van der Waals surface area contributed by atoms with Gasteiger partial charge in [-0.1, -0.05) is 48.5 Å². The molecular weight excluding hydrogens is 348 g/mol. The van der Waals surface area contributed by atoms with Crippen LogP contribution in [0.3, 0.4) is 0 Å². The Bertz CT molecular complexity index is 1020. The van der Waals surface area contributed by atoms with Gasteiger partial charge in [-0.15, -0.1) is 4.40 Å². The molecule has 0 bridgehead atoms. The van der Waals surface area contributed by atoms with Crippen LogP contribution in [0.15, 0.2) is 75.1 Å². The number of hydrazone groups is 1. The molecule has 0 radical (unpaired) electrons. The number of hydrogen-bond donors (Lipinski definition) is 0. The molecule has 0 N–H and O–H groups in total. The van der Waals surface area contributed by atoms with E-state index in [4.69, 9.17) is 5.26 Å². The molecule has 0 aliphatic carbocycles. The molecule has 2 aromatic carbocycles. The van der Waals surface area contributed by atoms with Gasteiger partial charge in [0.1, 0.15) is 4.90 Å². The number of fused-ring (bicyclic) bond motifs is 1. The molecule has 0 saturated carbocycles. The van der Waals surface area contributed by atoms with Crippen molar-refractivity contribution in [1.82, 2.24) is 5.01 Å². The molecule has 0 fully saturated rings. The Morgan fingerprint density at radius 3 is 2.62 bits per heavy atom. The normalized spacial score (nSPS) is 15.0. The van der Waals surface area contributed by atoms with Crippen molar-refractivity contribution < 1.29 is 8.42 Å². The lowest BCUT2D eigenvalue weighted by Gasteiger charge is -2.16. The molecule has 1 aliphatic rings. The summed E-state index contributed by atoms with van der Waals surface area (Å²) in [5, 5.41) is 14.6. The van der Waals surface area contributed by atoms with Crippen LogP contribution in [0.2, 0.25) is 0 Å². The van der Waals surface area contributed by atoms with Crippen LogP contribution >= 0.6 is 0 Å². The maximum atomic E-state index is 12.2. The van der Waals surface area contributed by atoms with Gasteiger partial charge in [0.05, 0.1) is 19.0 Å². The number of hydrogen-bond acceptors (Lipinski definition) is 5. The van der Waals surface area contributed by atoms with Gasteiger partial charge < -0.3 is 0 Å². The standard InChI is InChI=1S/C19H16N4O2S/c20-13-7-15-23(21-14-6-10-16-8-2-1-3-9-16)19-17-11-4-5-12-18(17)26(24,25)22-19/h1-6,8-12,14H,7,15H2/b10-6+,21-14-. The van der Waals surface area contributed by atoms with E-state index < -0.39 is 10.0 Å². The van der Waals surface area contributed by atoms with Crippen LogP contribution in [0, 0.1) is 11.3 Å². The van der Waals surface area contributed by atoms with Crippen LogP contribution in [0.25, 0.3) is 6.08 Å². The summed E-state index contributed by atoms with van der Waals surface area (Å²) in [6.07, 6.45) is 5.39. The molecule has 7 heteroatoms. The minimum atomic E-state index is -3.73. The highest BCUT2D eigenvalue weighted by molar-refractivity contribution is 7.90. The van der Waals surface area contributed by atoms with E-state index in [-0.39, 0.29) is 23.7 Å². The summed E-state index contributed by atoms with van der Waals surface area (Å²) in [5.41, 5.74) is 1.52. The van der Waals surface area contributed by atoms with Gasteiger partial charge in [-0.3, -0.25) is 0 Å². The third-order valence-electron chi connectivity index (χ3n) is 3.67. The molecule has 0 amide bonds. The number of benzene rings is 2. The van der Waals surface area contributed by atoms with E-state index in [1.54, 1.807) is 30.5 Å². The van der Waals surface area contributed by atoms with Crippen molar-refractivity contribution in [3.63, 3.8) is 0 Å². The quantitative estimate of drug-likeness (QED) is 0.603. The fourth-order valence-corrected chi connectivity index (χ4v) is 3.69. The fraction of sp³-hybridized carbons (Fsp3) is 0.105. The summed E-state index contributed by atoms with van der Waals surface area (Å²) >= 11 is 0. The lowest BCUT2D eigenvalue weighted by molar-refractivity contribution is 0.459. The molecule has 1 aliphatic heterocycles. The molecule has 0 atom stereocenters. The number of nitrogens with zero attached hydrogens (tertiary/aromatic N) is 4. The van der Waals surface area contributed by atoms with Crippen molar-refractivity contribution in [3.05, 3.63) is 71.8 Å². The van der Waals surface area contributed by atoms with Gasteiger partial charge in [0, 0.05) is 11.8 Å². The van der Waals surface area contributed by atoms with Gasteiger partial charge in [-0.05, 0) is 23.8 Å². The lowest BCUT2D eigenvalue weighted by Crippen LogP contribution is -2.26. The van der Waals surface area contributed by atoms with Crippen molar-refractivity contribution in [2.75, 3.05) is 6.54 Å². The molecule has 6 nitrogen and oxygen atoms in total. The Morgan fingerprint density at radius 2 is 1.85 bits per heavy atom. The second-order valence-electron chi connectivity index (χ2n) is 5.45. The minimum Gasteiger partial charge on any atom is -0.246 e. The minimum absolute atomic E-state index is 0.159. The van der Waals surface area contributed by atoms with Crippen LogP contribution < -0.4 is 0 Å². The maximum Gasteiger partial charge on any atom is 0.285 e. The first-order valence-corrected chi connectivity index (χ1v) is 9.40. The zero-order chi connectivity index (χ0) is 18.4. The first-order chi connectivity index (χ1) is 12.6. The topological polar surface area (TPSA) is 85.9 Å². The highest BCUT2D eigenvalue weighted by Gasteiger charge is 2.31. The van der Waals surface area contributed by atoms with E-state index in [0.29, 0.717) is 5.56 Å². The molecule has 130 valence electrons. The molecular formula is C19H16N4O2S. The molecule has 26 heavy (non-hydrogen) atoms. The summed E-state index contributed by atoms with van der Waals surface area (Å²) in [4.78, 5) is 0.159. The predicted molar refractivity (Wildman–Crippen MR) is 101 cm³/mol. The third kappa shape index (κ3) is 3.87. The Hall–Kier alpha value is -3.24. The van der Waals surface area contributed by atoms with Crippen LogP contribution in [0.1, 0.15) is 17.5 Å². The van der Waals surface area contributed by atoms with Crippen molar-refractivity contribution in [1.29, 1.82) is 5.26 Å². The zero-order valence-corrected chi connectivity index (χ0v) is 14.7. The Morgan fingerprint density at radius 1 is 1.12 bits per heavy atom. The Balaban J connectivity index is 1.86. The highest BCUT2D eigenvalue weighted by Crippen LogP contribution is 2.27. The van der Waals surface area contributed by atoms with Crippen LogP contribution in [0.5, 0.6) is 0 Å². The fourth-order valence-electron chi connectivity index (χ4n) is 2.49. The van der Waals surface area contributed by atoms with Gasteiger partial charge in [0.2, 0.25) is 0 Å². The number of sulfonamides is 1. The monoisotopic (exact) mass is 364 g/mol. The highest BCUT2D eigenvalue weighted by atomic mass is 32.2. The summed E-state index contributed by atoms with van der Waals surface area (Å²) in [5.74, 6) is 0.236. The van der Waals surface area contributed by atoms with Crippen molar-refractivity contribution >= 4 is 28.1 Å². The third-order valence-corrected chi connectivity index (χ3v) is 5.00. The van der Waals surface area contributed by atoms with Crippen LogP contribution in [-0.2, 0) is 10.0 Å². The smallest absolute Gasteiger partial charge is 0.246 e. The lowest BCUT2D eigenvalue weighted by atomic mass is 10.2. The van der Waals surface area contributed by atoms with E-state index in [1.807, 2.05) is 42.5 Å². The van der Waals surface area contributed by atoms with E-state index in [0.717, 1.165) is 5.56 Å². The first kappa shape index (κ1) is 17.6. The molecule has 0 saturated heterocycles. The Kier molecular flexibility index (Phi) is 5.25. The summed E-state index contributed by atoms with van der Waals surface area (Å²) in [6, 6.07) is 18.4. The zero-order valence-electron chi connectivity index (χ0n) is 13.9. The van der Waals surface area contributed by atoms with Crippen molar-refractivity contribution in [2.24, 2.45) is 9.50 Å². The molecule has 0 spiro atoms. The van der Waals surface area contributed by atoms with E-state index >= 15 is 0 Å². The average molecular weight is 364 g/mol. The predicted octanol–water partition coefficient (Wildman–Crippen LogP) is 3.05. The first-order valence-electron chi connectivity index (χ1n) is 7.96. The SMILES string of the molecule is N#CCCN(/N=C\C=C\c1ccccc1)C1=NS(=O)(=O)c2ccccc21. The summed E-state index contributed by atoms with van der Waals surface area (Å²) in [6.45, 7) is 0.245. The summed E-state index contributed by atoms with van der Waals surface area (Å²) < 4.78 is 28.3. The van der Waals surface area contributed by atoms with E-state index in [9.17, 15) is 8.42 Å². The van der Waals surface area contributed by atoms with Crippen molar-refractivity contribution in [2.45, 2.75) is 11.3 Å². The molecule has 0 unspecified atom stereocenters. The largest absolute Gasteiger partial charge is 0.285 e. The van der Waals surface area contributed by atoms with Crippen molar-refractivity contribution in [3.8, 4) is 6.07 Å². The van der Waals surface area contributed by atoms with Gasteiger partial charge in [-0.2, -0.15) is 18.8 Å². The van der Waals surface area contributed by atoms with Crippen LogP contribution in [-0.4, -0.2) is 32.0 Å². The Labute approximate surface area is 152 Å². The molecule has 2 aromatic rings. The number of amidine groups is 1. The average Bonchev–Trinajstić information content (AvgIpc) is 2.93. The molecule has 3 rings (SSSR count). The van der Waals surface area contributed by atoms with Gasteiger partial charge in [0.15, 0.2) is 5.84 Å².